The Morgan fingerprint density at radius 1 is 1.25 bits per heavy atom. The summed E-state index contributed by atoms with van der Waals surface area (Å²) in [6.07, 6.45) is 2.91. The van der Waals surface area contributed by atoms with Crippen LogP contribution in [0.1, 0.15) is 52.9 Å². The van der Waals surface area contributed by atoms with Gasteiger partial charge in [0.05, 0.1) is 6.61 Å². The zero-order chi connectivity index (χ0) is 15.4. The van der Waals surface area contributed by atoms with Crippen LogP contribution >= 0.6 is 0 Å². The van der Waals surface area contributed by atoms with E-state index in [4.69, 9.17) is 20.9 Å². The number of amides is 2. The second-order valence-electron chi connectivity index (χ2n) is 6.42. The van der Waals surface area contributed by atoms with Gasteiger partial charge in [-0.25, -0.2) is 9.59 Å². The van der Waals surface area contributed by atoms with Crippen LogP contribution in [0, 0.1) is 11.3 Å². The van der Waals surface area contributed by atoms with E-state index in [1.807, 2.05) is 0 Å². The minimum Gasteiger partial charge on any atom is -0.450 e. The standard InChI is InChI=1S/C14H26N2O4/c1-10(5-8-19-11(15)17)9-13(2,3)14(6-4-7-14)20-12(16)18/h10H,4-9H2,1-3H3,(H2,15,17)(H2,16,18). The molecule has 0 bridgehead atoms. The summed E-state index contributed by atoms with van der Waals surface area (Å²) < 4.78 is 10.2. The van der Waals surface area contributed by atoms with E-state index in [-0.39, 0.29) is 5.41 Å². The molecule has 0 aromatic carbocycles. The number of hydrogen-bond acceptors (Lipinski definition) is 4. The Morgan fingerprint density at radius 2 is 1.85 bits per heavy atom. The van der Waals surface area contributed by atoms with Crippen LogP contribution in [0.2, 0.25) is 0 Å². The van der Waals surface area contributed by atoms with Crippen molar-refractivity contribution in [3.05, 3.63) is 0 Å². The van der Waals surface area contributed by atoms with Gasteiger partial charge in [0, 0.05) is 5.41 Å². The topological polar surface area (TPSA) is 105 Å². The van der Waals surface area contributed by atoms with Crippen molar-refractivity contribution in [2.24, 2.45) is 22.8 Å². The first-order valence-electron chi connectivity index (χ1n) is 7.09. The Morgan fingerprint density at radius 3 is 2.25 bits per heavy atom. The predicted octanol–water partition coefficient (Wildman–Crippen LogP) is 2.54. The molecule has 1 saturated carbocycles. The van der Waals surface area contributed by atoms with Gasteiger partial charge >= 0.3 is 12.2 Å². The Hall–Kier alpha value is -1.46. The van der Waals surface area contributed by atoms with Crippen LogP contribution < -0.4 is 11.5 Å². The van der Waals surface area contributed by atoms with Gasteiger partial charge in [-0.1, -0.05) is 20.8 Å². The molecule has 0 heterocycles. The van der Waals surface area contributed by atoms with Crippen molar-refractivity contribution >= 4 is 12.2 Å². The lowest BCUT2D eigenvalue weighted by molar-refractivity contribution is -0.134. The molecule has 20 heavy (non-hydrogen) atoms. The molecule has 1 aliphatic rings. The van der Waals surface area contributed by atoms with Gasteiger partial charge in [-0.15, -0.1) is 0 Å². The van der Waals surface area contributed by atoms with Crippen LogP contribution in [-0.4, -0.2) is 24.4 Å². The average molecular weight is 286 g/mol. The Bertz CT molecular complexity index is 364. The van der Waals surface area contributed by atoms with Crippen molar-refractivity contribution < 1.29 is 19.1 Å². The van der Waals surface area contributed by atoms with Gasteiger partial charge in [-0.3, -0.25) is 0 Å². The highest BCUT2D eigenvalue weighted by molar-refractivity contribution is 5.65. The van der Waals surface area contributed by atoms with E-state index in [1.165, 1.54) is 0 Å². The summed E-state index contributed by atoms with van der Waals surface area (Å²) in [6.45, 7) is 6.60. The van der Waals surface area contributed by atoms with Gasteiger partial charge in [0.25, 0.3) is 0 Å². The normalized spacial score (nSPS) is 18.8. The van der Waals surface area contributed by atoms with Crippen molar-refractivity contribution in [2.75, 3.05) is 6.61 Å². The van der Waals surface area contributed by atoms with Crippen molar-refractivity contribution in [1.29, 1.82) is 0 Å². The van der Waals surface area contributed by atoms with Crippen molar-refractivity contribution in [3.63, 3.8) is 0 Å². The van der Waals surface area contributed by atoms with Gasteiger partial charge in [0.15, 0.2) is 0 Å². The first kappa shape index (κ1) is 16.6. The van der Waals surface area contributed by atoms with Crippen LogP contribution in [-0.2, 0) is 9.47 Å². The maximum absolute atomic E-state index is 11.1. The van der Waals surface area contributed by atoms with Crippen LogP contribution in [0.5, 0.6) is 0 Å². The number of rotatable bonds is 7. The van der Waals surface area contributed by atoms with Crippen LogP contribution in [0.4, 0.5) is 9.59 Å². The lowest BCUT2D eigenvalue weighted by Crippen LogP contribution is -2.54. The first-order valence-corrected chi connectivity index (χ1v) is 7.09. The second-order valence-corrected chi connectivity index (χ2v) is 6.42. The van der Waals surface area contributed by atoms with E-state index in [9.17, 15) is 9.59 Å². The number of nitrogens with two attached hydrogens (primary N) is 2. The second kappa shape index (κ2) is 6.33. The molecule has 2 amide bonds. The summed E-state index contributed by atoms with van der Waals surface area (Å²) in [5.41, 5.74) is 9.52. The van der Waals surface area contributed by atoms with Gasteiger partial charge in [-0.05, 0) is 38.0 Å². The Labute approximate surface area is 120 Å². The molecule has 1 rings (SSSR count). The summed E-state index contributed by atoms with van der Waals surface area (Å²) in [6, 6.07) is 0. The predicted molar refractivity (Wildman–Crippen MR) is 75.0 cm³/mol. The molecule has 1 unspecified atom stereocenters. The third-order valence-electron chi connectivity index (χ3n) is 4.40. The zero-order valence-electron chi connectivity index (χ0n) is 12.6. The summed E-state index contributed by atoms with van der Waals surface area (Å²) in [4.78, 5) is 21.6. The molecule has 0 aromatic heterocycles. The van der Waals surface area contributed by atoms with Gasteiger partial charge < -0.3 is 20.9 Å². The highest BCUT2D eigenvalue weighted by Gasteiger charge is 2.52. The minimum absolute atomic E-state index is 0.160. The zero-order valence-corrected chi connectivity index (χ0v) is 12.6. The molecule has 116 valence electrons. The van der Waals surface area contributed by atoms with E-state index in [0.29, 0.717) is 12.5 Å². The molecule has 0 radical (unpaired) electrons. The fourth-order valence-corrected chi connectivity index (χ4v) is 3.13. The molecule has 0 saturated heterocycles. The van der Waals surface area contributed by atoms with Crippen molar-refractivity contribution in [3.8, 4) is 0 Å². The molecule has 6 heteroatoms. The molecule has 6 nitrogen and oxygen atoms in total. The monoisotopic (exact) mass is 286 g/mol. The largest absolute Gasteiger partial charge is 0.450 e. The first-order chi connectivity index (χ1) is 9.18. The molecule has 1 aliphatic carbocycles. The molecule has 1 atom stereocenters. The molecule has 0 aliphatic heterocycles. The fourth-order valence-electron chi connectivity index (χ4n) is 3.13. The highest BCUT2D eigenvalue weighted by Crippen LogP contribution is 2.52. The van der Waals surface area contributed by atoms with E-state index in [0.717, 1.165) is 32.1 Å². The van der Waals surface area contributed by atoms with Crippen LogP contribution in [0.25, 0.3) is 0 Å². The molecular weight excluding hydrogens is 260 g/mol. The third-order valence-corrected chi connectivity index (χ3v) is 4.40. The van der Waals surface area contributed by atoms with Gasteiger partial charge in [0.2, 0.25) is 0 Å². The van der Waals surface area contributed by atoms with E-state index in [1.54, 1.807) is 0 Å². The van der Waals surface area contributed by atoms with E-state index in [2.05, 4.69) is 20.8 Å². The summed E-state index contributed by atoms with van der Waals surface area (Å²) in [5.74, 6) is 0.332. The minimum atomic E-state index is -0.746. The SMILES string of the molecule is CC(CCOC(N)=O)CC(C)(C)C1(OC(N)=O)CCC1. The summed E-state index contributed by atoms with van der Waals surface area (Å²) >= 11 is 0. The fraction of sp³-hybridized carbons (Fsp3) is 0.857. The van der Waals surface area contributed by atoms with E-state index < -0.39 is 17.8 Å². The van der Waals surface area contributed by atoms with Gasteiger partial charge in [-0.2, -0.15) is 0 Å². The lowest BCUT2D eigenvalue weighted by atomic mass is 9.60. The number of primary amides is 2. The third kappa shape index (κ3) is 4.02. The number of carbonyl (C=O) groups excluding carboxylic acids is 2. The molecule has 1 fully saturated rings. The molecule has 0 aromatic rings. The maximum atomic E-state index is 11.1. The smallest absolute Gasteiger partial charge is 0.405 e. The number of carbonyl (C=O) groups is 2. The Kier molecular flexibility index (Phi) is 5.25. The van der Waals surface area contributed by atoms with Crippen molar-refractivity contribution in [1.82, 2.24) is 0 Å². The van der Waals surface area contributed by atoms with Crippen molar-refractivity contribution in [2.45, 2.75) is 58.5 Å². The van der Waals surface area contributed by atoms with Crippen LogP contribution in [0.15, 0.2) is 0 Å². The summed E-state index contributed by atoms with van der Waals surface area (Å²) in [7, 11) is 0. The Balaban J connectivity index is 2.54. The number of ether oxygens (including phenoxy) is 2. The number of hydrogen-bond donors (Lipinski definition) is 2. The molecule has 0 spiro atoms. The average Bonchev–Trinajstić information content (AvgIpc) is 2.21. The molecule has 4 N–H and O–H groups in total. The highest BCUT2D eigenvalue weighted by atomic mass is 16.6. The van der Waals surface area contributed by atoms with Crippen LogP contribution in [0.3, 0.4) is 0 Å². The van der Waals surface area contributed by atoms with E-state index >= 15 is 0 Å². The van der Waals surface area contributed by atoms with Gasteiger partial charge in [0.1, 0.15) is 5.60 Å². The molecular formula is C14H26N2O4. The summed E-state index contributed by atoms with van der Waals surface area (Å²) in [5, 5.41) is 0. The maximum Gasteiger partial charge on any atom is 0.405 e. The quantitative estimate of drug-likeness (QED) is 0.750. The lowest BCUT2D eigenvalue weighted by Gasteiger charge is -2.52.